The number of nitrogens with two attached hydrogens (primary N) is 1. The molecule has 21 heavy (non-hydrogen) atoms. The van der Waals surface area contributed by atoms with Crippen LogP contribution in [0.1, 0.15) is 22.5 Å². The SMILES string of the molecule is NS(=O)(=O)CCCNC(=O)c1ccc(C=CC(=O)O)cn1. The lowest BCUT2D eigenvalue weighted by atomic mass is 10.2. The molecule has 0 aromatic carbocycles. The first kappa shape index (κ1) is 16.8. The Balaban J connectivity index is 2.50. The number of carboxylic acid groups (broad SMARTS) is 1. The summed E-state index contributed by atoms with van der Waals surface area (Å²) in [5.74, 6) is -1.73. The first-order valence-electron chi connectivity index (χ1n) is 5.93. The van der Waals surface area contributed by atoms with E-state index in [1.54, 1.807) is 6.07 Å². The lowest BCUT2D eigenvalue weighted by Crippen LogP contribution is -2.27. The van der Waals surface area contributed by atoms with Gasteiger partial charge < -0.3 is 10.4 Å². The Kier molecular flexibility index (Phi) is 6.00. The van der Waals surface area contributed by atoms with Gasteiger partial charge in [-0.05, 0) is 24.1 Å². The van der Waals surface area contributed by atoms with Gasteiger partial charge in [0.1, 0.15) is 5.69 Å². The minimum Gasteiger partial charge on any atom is -0.478 e. The molecule has 1 amide bonds. The van der Waals surface area contributed by atoms with Gasteiger partial charge in [-0.15, -0.1) is 0 Å². The molecule has 1 rings (SSSR count). The largest absolute Gasteiger partial charge is 0.478 e. The number of pyridine rings is 1. The average Bonchev–Trinajstić information content (AvgIpc) is 2.40. The summed E-state index contributed by atoms with van der Waals surface area (Å²) in [4.78, 5) is 25.9. The highest BCUT2D eigenvalue weighted by molar-refractivity contribution is 7.89. The molecule has 1 heterocycles. The molecule has 0 aliphatic heterocycles. The van der Waals surface area contributed by atoms with Crippen molar-refractivity contribution in [3.05, 3.63) is 35.7 Å². The van der Waals surface area contributed by atoms with Gasteiger partial charge in [-0.3, -0.25) is 9.78 Å². The summed E-state index contributed by atoms with van der Waals surface area (Å²) in [7, 11) is -3.53. The minimum atomic E-state index is -3.53. The number of amides is 1. The molecular weight excluding hydrogens is 298 g/mol. The van der Waals surface area contributed by atoms with Gasteiger partial charge in [0, 0.05) is 18.8 Å². The Labute approximate surface area is 121 Å². The maximum absolute atomic E-state index is 11.7. The number of rotatable bonds is 7. The molecule has 1 aromatic heterocycles. The summed E-state index contributed by atoms with van der Waals surface area (Å²) in [5, 5.41) is 15.8. The maximum atomic E-state index is 11.7. The Bertz CT molecular complexity index is 637. The number of sulfonamides is 1. The number of aromatic nitrogens is 1. The molecule has 0 fully saturated rings. The number of nitrogens with one attached hydrogen (secondary N) is 1. The predicted molar refractivity (Wildman–Crippen MR) is 75.8 cm³/mol. The molecule has 0 spiro atoms. The normalized spacial score (nSPS) is 11.5. The van der Waals surface area contributed by atoms with E-state index in [0.29, 0.717) is 5.56 Å². The molecule has 8 nitrogen and oxygen atoms in total. The standard InChI is InChI=1S/C12H15N3O5S/c13-21(19,20)7-1-6-14-12(18)10-4-2-9(8-15-10)3-5-11(16)17/h2-5,8H,1,6-7H2,(H,14,18)(H,16,17)(H2,13,19,20). The molecule has 0 aliphatic carbocycles. The van der Waals surface area contributed by atoms with Gasteiger partial charge in [0.25, 0.3) is 5.91 Å². The maximum Gasteiger partial charge on any atom is 0.328 e. The van der Waals surface area contributed by atoms with Crippen LogP contribution in [0.5, 0.6) is 0 Å². The van der Waals surface area contributed by atoms with Crippen molar-refractivity contribution in [1.82, 2.24) is 10.3 Å². The molecule has 0 aliphatic rings. The van der Waals surface area contributed by atoms with Crippen molar-refractivity contribution in [1.29, 1.82) is 0 Å². The van der Waals surface area contributed by atoms with Crippen molar-refractivity contribution >= 4 is 28.0 Å². The van der Waals surface area contributed by atoms with Crippen LogP contribution >= 0.6 is 0 Å². The van der Waals surface area contributed by atoms with Crippen molar-refractivity contribution in [3.63, 3.8) is 0 Å². The first-order chi connectivity index (χ1) is 9.78. The van der Waals surface area contributed by atoms with Gasteiger partial charge in [0.15, 0.2) is 0 Å². The molecule has 0 atom stereocenters. The Morgan fingerprint density at radius 1 is 1.38 bits per heavy atom. The zero-order chi connectivity index (χ0) is 15.9. The summed E-state index contributed by atoms with van der Waals surface area (Å²) in [6.07, 6.45) is 3.88. The summed E-state index contributed by atoms with van der Waals surface area (Å²) >= 11 is 0. The first-order valence-corrected chi connectivity index (χ1v) is 7.65. The third kappa shape index (κ3) is 7.18. The molecule has 1 aromatic rings. The number of nitrogens with zero attached hydrogens (tertiary/aromatic N) is 1. The van der Waals surface area contributed by atoms with Crippen LogP contribution in [-0.4, -0.2) is 42.7 Å². The van der Waals surface area contributed by atoms with Crippen molar-refractivity contribution < 1.29 is 23.1 Å². The van der Waals surface area contributed by atoms with Gasteiger partial charge >= 0.3 is 5.97 Å². The van der Waals surface area contributed by atoms with Gasteiger partial charge in [0.2, 0.25) is 10.0 Å². The Morgan fingerprint density at radius 2 is 2.10 bits per heavy atom. The van der Waals surface area contributed by atoms with Gasteiger partial charge in [-0.25, -0.2) is 18.4 Å². The van der Waals surface area contributed by atoms with Crippen LogP contribution in [0.25, 0.3) is 6.08 Å². The van der Waals surface area contributed by atoms with Crippen molar-refractivity contribution in [2.45, 2.75) is 6.42 Å². The highest BCUT2D eigenvalue weighted by Gasteiger charge is 2.07. The van der Waals surface area contributed by atoms with Crippen molar-refractivity contribution in [2.24, 2.45) is 5.14 Å². The second kappa shape index (κ2) is 7.50. The number of aliphatic carboxylic acids is 1. The smallest absolute Gasteiger partial charge is 0.328 e. The number of carbonyl (C=O) groups excluding carboxylic acids is 1. The number of hydrogen-bond acceptors (Lipinski definition) is 5. The van der Waals surface area contributed by atoms with E-state index in [1.165, 1.54) is 18.3 Å². The van der Waals surface area contributed by atoms with E-state index in [1.807, 2.05) is 0 Å². The van der Waals surface area contributed by atoms with E-state index >= 15 is 0 Å². The zero-order valence-corrected chi connectivity index (χ0v) is 11.8. The van der Waals surface area contributed by atoms with Crippen LogP contribution in [0.2, 0.25) is 0 Å². The topological polar surface area (TPSA) is 139 Å². The van der Waals surface area contributed by atoms with Crippen LogP contribution in [0, 0.1) is 0 Å². The molecule has 9 heteroatoms. The molecule has 0 bridgehead atoms. The second-order valence-corrected chi connectivity index (χ2v) is 5.86. The number of hydrogen-bond donors (Lipinski definition) is 3. The zero-order valence-electron chi connectivity index (χ0n) is 11.0. The van der Waals surface area contributed by atoms with Gasteiger partial charge in [-0.2, -0.15) is 0 Å². The fraction of sp³-hybridized carbons (Fsp3) is 0.250. The minimum absolute atomic E-state index is 0.151. The van der Waals surface area contributed by atoms with E-state index in [0.717, 1.165) is 6.08 Å². The number of carboxylic acids is 1. The van der Waals surface area contributed by atoms with Crippen molar-refractivity contribution in [2.75, 3.05) is 12.3 Å². The van der Waals surface area contributed by atoms with Crippen LogP contribution < -0.4 is 10.5 Å². The third-order valence-electron chi connectivity index (χ3n) is 2.33. The van der Waals surface area contributed by atoms with Gasteiger partial charge in [-0.1, -0.05) is 6.07 Å². The van der Waals surface area contributed by atoms with Crippen molar-refractivity contribution in [3.8, 4) is 0 Å². The lowest BCUT2D eigenvalue weighted by molar-refractivity contribution is -0.131. The fourth-order valence-corrected chi connectivity index (χ4v) is 1.92. The molecule has 0 unspecified atom stereocenters. The van der Waals surface area contributed by atoms with E-state index in [-0.39, 0.29) is 24.4 Å². The third-order valence-corrected chi connectivity index (χ3v) is 3.19. The van der Waals surface area contributed by atoms with E-state index in [2.05, 4.69) is 10.3 Å². The lowest BCUT2D eigenvalue weighted by Gasteiger charge is -2.04. The quantitative estimate of drug-likeness (QED) is 0.462. The molecule has 4 N–H and O–H groups in total. The summed E-state index contributed by atoms with van der Waals surface area (Å²) in [5.41, 5.74) is 0.696. The van der Waals surface area contributed by atoms with Gasteiger partial charge in [0.05, 0.1) is 5.75 Å². The van der Waals surface area contributed by atoms with E-state index < -0.39 is 21.9 Å². The van der Waals surface area contributed by atoms with Crippen LogP contribution in [0.15, 0.2) is 24.4 Å². The fourth-order valence-electron chi connectivity index (χ4n) is 1.37. The second-order valence-electron chi connectivity index (χ2n) is 4.12. The van der Waals surface area contributed by atoms with Crippen LogP contribution in [0.3, 0.4) is 0 Å². The molecule has 0 radical (unpaired) electrons. The molecular formula is C12H15N3O5S. The monoisotopic (exact) mass is 313 g/mol. The highest BCUT2D eigenvalue weighted by atomic mass is 32.2. The van der Waals surface area contributed by atoms with E-state index in [9.17, 15) is 18.0 Å². The highest BCUT2D eigenvalue weighted by Crippen LogP contribution is 2.02. The molecule has 0 saturated heterocycles. The number of primary sulfonamides is 1. The van der Waals surface area contributed by atoms with Crippen LogP contribution in [0.4, 0.5) is 0 Å². The predicted octanol–water partition coefficient (Wildman–Crippen LogP) is -0.412. The Hall–Kier alpha value is -2.26. The molecule has 114 valence electrons. The summed E-state index contributed by atoms with van der Waals surface area (Å²) in [6.45, 7) is 0.164. The summed E-state index contributed by atoms with van der Waals surface area (Å²) in [6, 6.07) is 2.99. The van der Waals surface area contributed by atoms with Crippen LogP contribution in [-0.2, 0) is 14.8 Å². The Morgan fingerprint density at radius 3 is 2.62 bits per heavy atom. The number of carbonyl (C=O) groups is 2. The van der Waals surface area contributed by atoms with E-state index in [4.69, 9.17) is 10.2 Å². The summed E-state index contributed by atoms with van der Waals surface area (Å²) < 4.78 is 21.4. The average molecular weight is 313 g/mol. The molecule has 0 saturated carbocycles.